The highest BCUT2D eigenvalue weighted by atomic mass is 19.4. The molecule has 1 saturated carbocycles. The van der Waals surface area contributed by atoms with Crippen LogP contribution in [0.5, 0.6) is 17.2 Å². The molecule has 1 saturated heterocycles. The predicted octanol–water partition coefficient (Wildman–Crippen LogP) is 4.62. The van der Waals surface area contributed by atoms with Crippen LogP contribution in [0.15, 0.2) is 48.7 Å². The van der Waals surface area contributed by atoms with Crippen molar-refractivity contribution in [3.63, 3.8) is 0 Å². The largest absolute Gasteiger partial charge is 0.487 e. The Hall–Kier alpha value is -4.16. The van der Waals surface area contributed by atoms with E-state index in [9.17, 15) is 22.8 Å². The number of anilines is 1. The summed E-state index contributed by atoms with van der Waals surface area (Å²) in [5.41, 5.74) is 1.00. The molecule has 0 spiro atoms. The van der Waals surface area contributed by atoms with Crippen molar-refractivity contribution in [1.29, 1.82) is 0 Å². The van der Waals surface area contributed by atoms with Crippen molar-refractivity contribution in [2.75, 3.05) is 18.4 Å². The molecule has 5 unspecified atom stereocenters. The van der Waals surface area contributed by atoms with E-state index >= 15 is 0 Å². The maximum atomic E-state index is 14.1. The molecule has 1 aliphatic carbocycles. The molecular formula is C32H32F3N5O4. The molecule has 230 valence electrons. The smallest absolute Gasteiger partial charge is 0.416 e. The van der Waals surface area contributed by atoms with Crippen LogP contribution in [-0.2, 0) is 23.9 Å². The zero-order chi connectivity index (χ0) is 30.7. The highest BCUT2D eigenvalue weighted by Gasteiger charge is 2.59. The van der Waals surface area contributed by atoms with Gasteiger partial charge in [0.1, 0.15) is 29.2 Å². The molecule has 44 heavy (non-hydrogen) atoms. The van der Waals surface area contributed by atoms with Crippen LogP contribution >= 0.6 is 0 Å². The molecule has 1 aromatic heterocycles. The Labute approximate surface area is 252 Å². The molecular weight excluding hydrogens is 575 g/mol. The predicted molar refractivity (Wildman–Crippen MR) is 155 cm³/mol. The molecule has 0 bridgehead atoms. The van der Waals surface area contributed by atoms with Gasteiger partial charge in [0, 0.05) is 61.0 Å². The van der Waals surface area contributed by atoms with Crippen LogP contribution in [0.25, 0.3) is 0 Å². The molecule has 9 nitrogen and oxygen atoms in total. The number of benzene rings is 2. The van der Waals surface area contributed by atoms with Crippen molar-refractivity contribution in [3.05, 3.63) is 76.5 Å². The first-order chi connectivity index (χ1) is 21.0. The third-order valence-corrected chi connectivity index (χ3v) is 8.66. The lowest BCUT2D eigenvalue weighted by molar-refractivity contribution is -0.138. The third-order valence-electron chi connectivity index (χ3n) is 8.66. The minimum atomic E-state index is -4.59. The van der Waals surface area contributed by atoms with E-state index in [4.69, 9.17) is 9.47 Å². The van der Waals surface area contributed by atoms with Crippen molar-refractivity contribution in [2.24, 2.45) is 0 Å². The summed E-state index contributed by atoms with van der Waals surface area (Å²) >= 11 is 0. The maximum absolute atomic E-state index is 14.1. The number of rotatable bonds is 6. The van der Waals surface area contributed by atoms with Crippen molar-refractivity contribution in [2.45, 2.75) is 69.6 Å². The number of hydrogen-bond donors (Lipinski definition) is 3. The van der Waals surface area contributed by atoms with E-state index in [0.29, 0.717) is 49.0 Å². The maximum Gasteiger partial charge on any atom is 0.416 e. The first-order valence-electron chi connectivity index (χ1n) is 14.8. The highest BCUT2D eigenvalue weighted by Crippen LogP contribution is 2.54. The number of aromatic nitrogens is 1. The van der Waals surface area contributed by atoms with Crippen LogP contribution in [0, 0.1) is 0 Å². The minimum Gasteiger partial charge on any atom is -0.487 e. The summed E-state index contributed by atoms with van der Waals surface area (Å²) in [6, 6.07) is 11.0. The van der Waals surface area contributed by atoms with Gasteiger partial charge in [-0.25, -0.2) is 4.98 Å². The fourth-order valence-electron chi connectivity index (χ4n) is 6.72. The summed E-state index contributed by atoms with van der Waals surface area (Å²) in [6.45, 7) is 5.47. The number of ether oxygens (including phenoxy) is 2. The number of halogens is 3. The van der Waals surface area contributed by atoms with E-state index < -0.39 is 17.6 Å². The summed E-state index contributed by atoms with van der Waals surface area (Å²) in [4.78, 5) is 31.1. The Morgan fingerprint density at radius 1 is 1.11 bits per heavy atom. The molecule has 3 aliphatic heterocycles. The molecule has 5 atom stereocenters. The third kappa shape index (κ3) is 5.48. The monoisotopic (exact) mass is 607 g/mol. The fraction of sp³-hybridized carbons (Fsp3) is 0.406. The Kier molecular flexibility index (Phi) is 7.00. The molecule has 2 aromatic carbocycles. The average Bonchev–Trinajstić information content (AvgIpc) is 3.48. The number of nitrogens with zero attached hydrogens (tertiary/aromatic N) is 2. The van der Waals surface area contributed by atoms with Gasteiger partial charge in [0.15, 0.2) is 0 Å². The lowest BCUT2D eigenvalue weighted by Crippen LogP contribution is -2.53. The summed E-state index contributed by atoms with van der Waals surface area (Å²) in [5, 5.41) is 9.03. The molecule has 3 aromatic rings. The Bertz CT molecular complexity index is 1640. The molecule has 4 heterocycles. The number of pyridine rings is 1. The van der Waals surface area contributed by atoms with Crippen molar-refractivity contribution in [1.82, 2.24) is 20.5 Å². The van der Waals surface area contributed by atoms with E-state index in [1.807, 2.05) is 24.8 Å². The molecule has 4 aliphatic rings. The number of alkyl halides is 3. The van der Waals surface area contributed by atoms with Gasteiger partial charge in [-0.1, -0.05) is 6.07 Å². The SMILES string of the molecule is CC1CN(Cc2ccc(C(=O)NC3C4Oc5ccc(Oc6ccnc7c6CCC(=O)N7)cc5C34)cc2C(F)(F)F)CC(C)N1. The van der Waals surface area contributed by atoms with Crippen LogP contribution in [0.3, 0.4) is 0 Å². The van der Waals surface area contributed by atoms with Gasteiger partial charge in [-0.2, -0.15) is 13.2 Å². The normalized spacial score (nSPS) is 25.7. The average molecular weight is 608 g/mol. The van der Waals surface area contributed by atoms with Crippen LogP contribution in [0.4, 0.5) is 19.0 Å². The zero-order valence-electron chi connectivity index (χ0n) is 24.2. The summed E-state index contributed by atoms with van der Waals surface area (Å²) < 4.78 is 54.5. The zero-order valence-corrected chi connectivity index (χ0v) is 24.2. The number of carbonyl (C=O) groups is 2. The van der Waals surface area contributed by atoms with E-state index in [-0.39, 0.29) is 53.7 Å². The summed E-state index contributed by atoms with van der Waals surface area (Å²) in [7, 11) is 0. The summed E-state index contributed by atoms with van der Waals surface area (Å²) in [6.07, 6.45) is -2.46. The van der Waals surface area contributed by atoms with Gasteiger partial charge in [0.25, 0.3) is 5.91 Å². The molecule has 2 fully saturated rings. The summed E-state index contributed by atoms with van der Waals surface area (Å²) in [5.74, 6) is 1.53. The fourth-order valence-corrected chi connectivity index (χ4v) is 6.72. The Morgan fingerprint density at radius 3 is 2.68 bits per heavy atom. The number of nitrogens with one attached hydrogen (secondary N) is 3. The molecule has 3 N–H and O–H groups in total. The number of amides is 2. The molecule has 0 radical (unpaired) electrons. The quantitative estimate of drug-likeness (QED) is 0.376. The first-order valence-corrected chi connectivity index (χ1v) is 14.8. The van der Waals surface area contributed by atoms with Gasteiger partial charge in [-0.3, -0.25) is 14.5 Å². The highest BCUT2D eigenvalue weighted by molar-refractivity contribution is 5.95. The minimum absolute atomic E-state index is 0.0417. The lowest BCUT2D eigenvalue weighted by atomic mass is 10.0. The van der Waals surface area contributed by atoms with Gasteiger partial charge in [0.2, 0.25) is 5.91 Å². The first kappa shape index (κ1) is 28.6. The van der Waals surface area contributed by atoms with E-state index in [1.165, 1.54) is 12.1 Å². The number of hydrogen-bond acceptors (Lipinski definition) is 7. The van der Waals surface area contributed by atoms with Crippen LogP contribution in [-0.4, -0.2) is 59.0 Å². The Balaban J connectivity index is 1.04. The van der Waals surface area contributed by atoms with Gasteiger partial charge < -0.3 is 25.4 Å². The number of carbonyl (C=O) groups excluding carboxylic acids is 2. The number of fused-ring (bicyclic) bond motifs is 4. The van der Waals surface area contributed by atoms with Crippen LogP contribution in [0.2, 0.25) is 0 Å². The van der Waals surface area contributed by atoms with Gasteiger partial charge in [-0.15, -0.1) is 0 Å². The molecule has 2 amide bonds. The molecule has 7 rings (SSSR count). The Morgan fingerprint density at radius 2 is 1.91 bits per heavy atom. The molecule has 12 heteroatoms. The number of piperazine rings is 1. The van der Waals surface area contributed by atoms with Crippen LogP contribution < -0.4 is 25.4 Å². The van der Waals surface area contributed by atoms with E-state index in [0.717, 1.165) is 17.2 Å². The van der Waals surface area contributed by atoms with E-state index in [2.05, 4.69) is 20.9 Å². The van der Waals surface area contributed by atoms with Gasteiger partial charge in [0.05, 0.1) is 17.5 Å². The van der Waals surface area contributed by atoms with Gasteiger partial charge in [-0.05, 0) is 62.2 Å². The van der Waals surface area contributed by atoms with Crippen molar-refractivity contribution < 1.29 is 32.2 Å². The topological polar surface area (TPSA) is 105 Å². The second-order valence-electron chi connectivity index (χ2n) is 12.1. The van der Waals surface area contributed by atoms with E-state index in [1.54, 1.807) is 24.4 Å². The van der Waals surface area contributed by atoms with Crippen LogP contribution in [0.1, 0.15) is 58.8 Å². The van der Waals surface area contributed by atoms with Gasteiger partial charge >= 0.3 is 6.18 Å². The van der Waals surface area contributed by atoms with Crippen molar-refractivity contribution >= 4 is 17.6 Å². The second kappa shape index (κ2) is 10.8. The lowest BCUT2D eigenvalue weighted by Gasteiger charge is -2.36. The second-order valence-corrected chi connectivity index (χ2v) is 12.1. The van der Waals surface area contributed by atoms with Crippen molar-refractivity contribution in [3.8, 4) is 17.2 Å². The standard InChI is InChI=1S/C32H32F3N5O4/c1-16-13-40(14-17(2)37-16)15-19-4-3-18(11-23(19)32(33,34)35)31(42)39-28-27-22-12-20(5-7-24(22)44-29(27)28)43-25-9-10-36-30-21(25)6-8-26(41)38-30/h3-5,7,9-12,16-17,27-29,37H,6,8,13-15H2,1-2H3,(H,39,42)(H,36,38,41).